The van der Waals surface area contributed by atoms with Crippen molar-refractivity contribution in [1.82, 2.24) is 0 Å². The van der Waals surface area contributed by atoms with Gasteiger partial charge in [-0.2, -0.15) is 0 Å². The van der Waals surface area contributed by atoms with Gasteiger partial charge in [0.25, 0.3) is 0 Å². The van der Waals surface area contributed by atoms with Crippen LogP contribution < -0.4 is 0 Å². The minimum absolute atomic E-state index is 0.377. The number of rotatable bonds is 7. The van der Waals surface area contributed by atoms with Crippen LogP contribution in [0.1, 0.15) is 73.6 Å². The summed E-state index contributed by atoms with van der Waals surface area (Å²) in [6, 6.07) is 0. The van der Waals surface area contributed by atoms with Gasteiger partial charge in [-0.05, 0) is 43.9 Å². The van der Waals surface area contributed by atoms with Crippen molar-refractivity contribution in [2.24, 2.45) is 11.3 Å². The molecule has 0 aliphatic carbocycles. The molecular formula is C14H30O. The van der Waals surface area contributed by atoms with E-state index < -0.39 is 5.60 Å². The van der Waals surface area contributed by atoms with Crippen LogP contribution in [0.3, 0.4) is 0 Å². The molecule has 0 radical (unpaired) electrons. The van der Waals surface area contributed by atoms with E-state index in [1.165, 1.54) is 6.42 Å². The molecule has 15 heavy (non-hydrogen) atoms. The molecule has 0 aromatic heterocycles. The normalized spacial score (nSPS) is 16.8. The van der Waals surface area contributed by atoms with Crippen molar-refractivity contribution in [1.29, 1.82) is 0 Å². The summed E-state index contributed by atoms with van der Waals surface area (Å²) in [5.41, 5.74) is -0.0848. The summed E-state index contributed by atoms with van der Waals surface area (Å²) in [6.07, 6.45) is 5.30. The van der Waals surface area contributed by atoms with Crippen LogP contribution >= 0.6 is 0 Å². The van der Waals surface area contributed by atoms with Crippen molar-refractivity contribution in [2.75, 3.05) is 0 Å². The summed E-state index contributed by atoms with van der Waals surface area (Å²) < 4.78 is 0. The van der Waals surface area contributed by atoms with Crippen molar-refractivity contribution in [2.45, 2.75) is 79.2 Å². The summed E-state index contributed by atoms with van der Waals surface area (Å²) in [6.45, 7) is 13.2. The Morgan fingerprint density at radius 1 is 1.00 bits per heavy atom. The fraction of sp³-hybridized carbons (Fsp3) is 1.00. The van der Waals surface area contributed by atoms with Gasteiger partial charge in [0.05, 0.1) is 5.60 Å². The highest BCUT2D eigenvalue weighted by atomic mass is 16.3. The van der Waals surface area contributed by atoms with Gasteiger partial charge in [0.2, 0.25) is 0 Å². The maximum Gasteiger partial charge on any atom is 0.0620 e. The van der Waals surface area contributed by atoms with Crippen molar-refractivity contribution in [3.63, 3.8) is 0 Å². The first-order valence-corrected chi connectivity index (χ1v) is 6.41. The summed E-state index contributed by atoms with van der Waals surface area (Å²) in [7, 11) is 0. The fourth-order valence-electron chi connectivity index (χ4n) is 1.51. The monoisotopic (exact) mass is 214 g/mol. The summed E-state index contributed by atoms with van der Waals surface area (Å²) in [5, 5.41) is 10.2. The van der Waals surface area contributed by atoms with Gasteiger partial charge in [0.15, 0.2) is 0 Å². The lowest BCUT2D eigenvalue weighted by Crippen LogP contribution is -2.27. The summed E-state index contributed by atoms with van der Waals surface area (Å²) in [4.78, 5) is 0. The quantitative estimate of drug-likeness (QED) is 0.666. The zero-order valence-corrected chi connectivity index (χ0v) is 11.6. The van der Waals surface area contributed by atoms with Gasteiger partial charge in [0.1, 0.15) is 0 Å². The summed E-state index contributed by atoms with van der Waals surface area (Å²) >= 11 is 0. The van der Waals surface area contributed by atoms with Crippen molar-refractivity contribution in [3.05, 3.63) is 0 Å². The molecule has 0 heterocycles. The SMILES string of the molecule is CCC(C)(C)CCC(C)(O)CCC(C)C. The van der Waals surface area contributed by atoms with E-state index in [9.17, 15) is 5.11 Å². The predicted octanol–water partition coefficient (Wildman–Crippen LogP) is 4.39. The molecule has 0 amide bonds. The highest BCUT2D eigenvalue weighted by molar-refractivity contribution is 4.77. The van der Waals surface area contributed by atoms with Crippen LogP contribution in [0.2, 0.25) is 0 Å². The van der Waals surface area contributed by atoms with Crippen molar-refractivity contribution >= 4 is 0 Å². The average molecular weight is 214 g/mol. The van der Waals surface area contributed by atoms with Crippen molar-refractivity contribution < 1.29 is 5.11 Å². The third kappa shape index (κ3) is 7.84. The van der Waals surface area contributed by atoms with Gasteiger partial charge in [-0.1, -0.05) is 41.0 Å². The smallest absolute Gasteiger partial charge is 0.0620 e. The average Bonchev–Trinajstić information content (AvgIpc) is 2.13. The molecule has 0 bridgehead atoms. The standard InChI is InChI=1S/C14H30O/c1-7-13(4,5)10-11-14(6,15)9-8-12(2)3/h12,15H,7-11H2,1-6H3. The van der Waals surface area contributed by atoms with Crippen LogP contribution in [0.15, 0.2) is 0 Å². The number of hydrogen-bond acceptors (Lipinski definition) is 1. The number of aliphatic hydroxyl groups is 1. The molecule has 0 fully saturated rings. The van der Waals surface area contributed by atoms with Crippen LogP contribution in [0, 0.1) is 11.3 Å². The lowest BCUT2D eigenvalue weighted by Gasteiger charge is -2.30. The molecule has 0 saturated heterocycles. The lowest BCUT2D eigenvalue weighted by atomic mass is 9.80. The first-order valence-electron chi connectivity index (χ1n) is 6.41. The zero-order chi connectivity index (χ0) is 12.1. The van der Waals surface area contributed by atoms with E-state index in [2.05, 4.69) is 34.6 Å². The minimum atomic E-state index is -0.462. The lowest BCUT2D eigenvalue weighted by molar-refractivity contribution is 0.0243. The molecule has 1 N–H and O–H groups in total. The first kappa shape index (κ1) is 15.0. The Hall–Kier alpha value is -0.0400. The minimum Gasteiger partial charge on any atom is -0.390 e. The van der Waals surface area contributed by atoms with Gasteiger partial charge in [-0.25, -0.2) is 0 Å². The van der Waals surface area contributed by atoms with Crippen LogP contribution in [0.4, 0.5) is 0 Å². The van der Waals surface area contributed by atoms with E-state index in [1.54, 1.807) is 0 Å². The Morgan fingerprint density at radius 3 is 1.93 bits per heavy atom. The second-order valence-corrected chi connectivity index (χ2v) is 6.45. The van der Waals surface area contributed by atoms with Gasteiger partial charge in [-0.3, -0.25) is 0 Å². The van der Waals surface area contributed by atoms with E-state index in [4.69, 9.17) is 0 Å². The molecule has 1 unspecified atom stereocenters. The number of hydrogen-bond donors (Lipinski definition) is 1. The second kappa shape index (κ2) is 5.89. The molecule has 0 aromatic rings. The van der Waals surface area contributed by atoms with Crippen LogP contribution in [-0.4, -0.2) is 10.7 Å². The third-order valence-electron chi connectivity index (χ3n) is 3.56. The van der Waals surface area contributed by atoms with E-state index in [0.717, 1.165) is 25.7 Å². The topological polar surface area (TPSA) is 20.2 Å². The van der Waals surface area contributed by atoms with Crippen molar-refractivity contribution in [3.8, 4) is 0 Å². The largest absolute Gasteiger partial charge is 0.390 e. The molecule has 0 rings (SSSR count). The Labute approximate surface area is 96.3 Å². The highest BCUT2D eigenvalue weighted by Gasteiger charge is 2.24. The molecule has 1 atom stereocenters. The fourth-order valence-corrected chi connectivity index (χ4v) is 1.51. The molecule has 0 aliphatic rings. The first-order chi connectivity index (χ1) is 6.68. The van der Waals surface area contributed by atoms with Gasteiger partial charge < -0.3 is 5.11 Å². The van der Waals surface area contributed by atoms with Crippen LogP contribution in [0.5, 0.6) is 0 Å². The molecule has 0 aliphatic heterocycles. The predicted molar refractivity (Wildman–Crippen MR) is 68.0 cm³/mol. The molecule has 0 aromatic carbocycles. The van der Waals surface area contributed by atoms with E-state index in [1.807, 2.05) is 6.92 Å². The Bertz CT molecular complexity index is 168. The highest BCUT2D eigenvalue weighted by Crippen LogP contribution is 2.31. The van der Waals surface area contributed by atoms with E-state index >= 15 is 0 Å². The molecule has 1 nitrogen and oxygen atoms in total. The Morgan fingerprint density at radius 2 is 1.53 bits per heavy atom. The third-order valence-corrected chi connectivity index (χ3v) is 3.56. The van der Waals surface area contributed by atoms with Gasteiger partial charge in [-0.15, -0.1) is 0 Å². The van der Waals surface area contributed by atoms with Gasteiger partial charge in [0, 0.05) is 0 Å². The second-order valence-electron chi connectivity index (χ2n) is 6.45. The molecule has 1 heteroatoms. The molecule has 92 valence electrons. The van der Waals surface area contributed by atoms with Gasteiger partial charge >= 0.3 is 0 Å². The molecule has 0 saturated carbocycles. The Balaban J connectivity index is 3.93. The summed E-state index contributed by atoms with van der Waals surface area (Å²) in [5.74, 6) is 0.690. The zero-order valence-electron chi connectivity index (χ0n) is 11.6. The maximum atomic E-state index is 10.2. The Kier molecular flexibility index (Phi) is 5.87. The van der Waals surface area contributed by atoms with Crippen LogP contribution in [0.25, 0.3) is 0 Å². The molecular weight excluding hydrogens is 184 g/mol. The van der Waals surface area contributed by atoms with E-state index in [-0.39, 0.29) is 0 Å². The van der Waals surface area contributed by atoms with E-state index in [0.29, 0.717) is 11.3 Å². The maximum absolute atomic E-state index is 10.2. The molecule has 0 spiro atoms. The van der Waals surface area contributed by atoms with Crippen LogP contribution in [-0.2, 0) is 0 Å².